The molecule has 2 aromatic rings. The van der Waals surface area contributed by atoms with Gasteiger partial charge in [-0.15, -0.1) is 0 Å². The van der Waals surface area contributed by atoms with Gasteiger partial charge in [0.1, 0.15) is 5.82 Å². The van der Waals surface area contributed by atoms with E-state index in [0.717, 1.165) is 16.9 Å². The Labute approximate surface area is 93.9 Å². The minimum atomic E-state index is -0.261. The first-order valence-corrected chi connectivity index (χ1v) is 5.04. The molecule has 0 saturated carbocycles. The van der Waals surface area contributed by atoms with Gasteiger partial charge in [0, 0.05) is 5.69 Å². The Morgan fingerprint density at radius 3 is 2.56 bits per heavy atom. The molecule has 3 heteroatoms. The van der Waals surface area contributed by atoms with Crippen LogP contribution in [0.15, 0.2) is 42.5 Å². The number of rotatable bonds is 2. The zero-order chi connectivity index (χ0) is 11.5. The van der Waals surface area contributed by atoms with E-state index < -0.39 is 0 Å². The first-order chi connectivity index (χ1) is 7.66. The van der Waals surface area contributed by atoms with Crippen LogP contribution in [-0.2, 0) is 0 Å². The van der Waals surface area contributed by atoms with E-state index in [1.165, 1.54) is 12.1 Å². The van der Waals surface area contributed by atoms with Gasteiger partial charge in [-0.3, -0.25) is 0 Å². The molecule has 3 N–H and O–H groups in total. The maximum absolute atomic E-state index is 13.1. The van der Waals surface area contributed by atoms with Crippen LogP contribution in [0, 0.1) is 12.7 Å². The van der Waals surface area contributed by atoms with E-state index in [4.69, 9.17) is 5.73 Å². The summed E-state index contributed by atoms with van der Waals surface area (Å²) in [6, 6.07) is 12.0. The molecule has 0 heterocycles. The highest BCUT2D eigenvalue weighted by molar-refractivity contribution is 5.73. The van der Waals surface area contributed by atoms with Crippen molar-refractivity contribution in [3.8, 4) is 0 Å². The van der Waals surface area contributed by atoms with Gasteiger partial charge in [0.05, 0.1) is 11.4 Å². The number of para-hydroxylation sites is 2. The summed E-state index contributed by atoms with van der Waals surface area (Å²) in [4.78, 5) is 0. The summed E-state index contributed by atoms with van der Waals surface area (Å²) in [6.07, 6.45) is 0. The van der Waals surface area contributed by atoms with Gasteiger partial charge in [0.25, 0.3) is 0 Å². The van der Waals surface area contributed by atoms with E-state index in [9.17, 15) is 4.39 Å². The first-order valence-electron chi connectivity index (χ1n) is 5.04. The molecule has 0 unspecified atom stereocenters. The second-order valence-corrected chi connectivity index (χ2v) is 3.67. The smallest absolute Gasteiger partial charge is 0.125 e. The molecule has 0 radical (unpaired) electrons. The van der Waals surface area contributed by atoms with Crippen molar-refractivity contribution < 1.29 is 4.39 Å². The van der Waals surface area contributed by atoms with Crippen LogP contribution in [0.2, 0.25) is 0 Å². The maximum atomic E-state index is 13.1. The van der Waals surface area contributed by atoms with Gasteiger partial charge in [-0.25, -0.2) is 4.39 Å². The molecule has 0 amide bonds. The Kier molecular flexibility index (Phi) is 2.77. The van der Waals surface area contributed by atoms with Crippen LogP contribution in [0.25, 0.3) is 0 Å². The van der Waals surface area contributed by atoms with Crippen molar-refractivity contribution >= 4 is 17.1 Å². The highest BCUT2D eigenvalue weighted by Gasteiger charge is 2.02. The topological polar surface area (TPSA) is 38.0 Å². The van der Waals surface area contributed by atoms with Crippen LogP contribution in [0.1, 0.15) is 5.56 Å². The largest absolute Gasteiger partial charge is 0.397 e. The molecule has 2 aromatic carbocycles. The molecule has 2 nitrogen and oxygen atoms in total. The molecule has 2 rings (SSSR count). The molecule has 0 atom stereocenters. The van der Waals surface area contributed by atoms with Crippen molar-refractivity contribution in [2.45, 2.75) is 6.92 Å². The highest BCUT2D eigenvalue weighted by Crippen LogP contribution is 2.25. The van der Waals surface area contributed by atoms with Crippen molar-refractivity contribution in [1.29, 1.82) is 0 Å². The summed E-state index contributed by atoms with van der Waals surface area (Å²) in [5.41, 5.74) is 8.94. The third-order valence-electron chi connectivity index (χ3n) is 2.43. The van der Waals surface area contributed by atoms with E-state index >= 15 is 0 Å². The number of aryl methyl sites for hydroxylation is 1. The second kappa shape index (κ2) is 4.23. The highest BCUT2D eigenvalue weighted by atomic mass is 19.1. The SMILES string of the molecule is Cc1ccc(F)cc1Nc1ccccc1N. The molecule has 0 spiro atoms. The summed E-state index contributed by atoms with van der Waals surface area (Å²) in [7, 11) is 0. The van der Waals surface area contributed by atoms with E-state index in [2.05, 4.69) is 5.32 Å². The Morgan fingerprint density at radius 1 is 1.06 bits per heavy atom. The third-order valence-corrected chi connectivity index (χ3v) is 2.43. The number of anilines is 3. The van der Waals surface area contributed by atoms with Gasteiger partial charge in [-0.1, -0.05) is 18.2 Å². The predicted octanol–water partition coefficient (Wildman–Crippen LogP) is 3.46. The zero-order valence-electron chi connectivity index (χ0n) is 9.00. The predicted molar refractivity (Wildman–Crippen MR) is 65.3 cm³/mol. The number of nitrogen functional groups attached to an aromatic ring is 1. The van der Waals surface area contributed by atoms with E-state index in [-0.39, 0.29) is 5.82 Å². The lowest BCUT2D eigenvalue weighted by molar-refractivity contribution is 0.628. The lowest BCUT2D eigenvalue weighted by Crippen LogP contribution is -1.97. The monoisotopic (exact) mass is 216 g/mol. The normalized spacial score (nSPS) is 10.1. The molecule has 0 aromatic heterocycles. The number of hydrogen-bond acceptors (Lipinski definition) is 2. The molecule has 82 valence electrons. The minimum Gasteiger partial charge on any atom is -0.397 e. The number of hydrogen-bond donors (Lipinski definition) is 2. The summed E-state index contributed by atoms with van der Waals surface area (Å²) in [5.74, 6) is -0.261. The molecular formula is C13H13FN2. The van der Waals surface area contributed by atoms with E-state index in [0.29, 0.717) is 5.69 Å². The van der Waals surface area contributed by atoms with Gasteiger partial charge >= 0.3 is 0 Å². The third kappa shape index (κ3) is 2.14. The number of nitrogens with two attached hydrogens (primary N) is 1. The Bertz CT molecular complexity index is 509. The van der Waals surface area contributed by atoms with Crippen molar-refractivity contribution in [3.63, 3.8) is 0 Å². The van der Waals surface area contributed by atoms with Crippen molar-refractivity contribution in [2.75, 3.05) is 11.1 Å². The quantitative estimate of drug-likeness (QED) is 0.754. The van der Waals surface area contributed by atoms with Crippen LogP contribution in [0.3, 0.4) is 0 Å². The molecule has 16 heavy (non-hydrogen) atoms. The fraction of sp³-hybridized carbons (Fsp3) is 0.0769. The fourth-order valence-corrected chi connectivity index (χ4v) is 1.48. The van der Waals surface area contributed by atoms with Crippen molar-refractivity contribution in [1.82, 2.24) is 0 Å². The van der Waals surface area contributed by atoms with Crippen LogP contribution >= 0.6 is 0 Å². The van der Waals surface area contributed by atoms with Crippen LogP contribution in [0.5, 0.6) is 0 Å². The fourth-order valence-electron chi connectivity index (χ4n) is 1.48. The molecule has 0 aliphatic carbocycles. The van der Waals surface area contributed by atoms with Gasteiger partial charge in [0.15, 0.2) is 0 Å². The average Bonchev–Trinajstić information content (AvgIpc) is 2.27. The molecule has 0 bridgehead atoms. The Balaban J connectivity index is 2.34. The summed E-state index contributed by atoms with van der Waals surface area (Å²) in [5, 5.41) is 3.12. The molecule has 0 aliphatic rings. The van der Waals surface area contributed by atoms with Crippen LogP contribution < -0.4 is 11.1 Å². The first kappa shape index (κ1) is 10.5. The van der Waals surface area contributed by atoms with Crippen molar-refractivity contribution in [3.05, 3.63) is 53.8 Å². The minimum absolute atomic E-state index is 0.261. The Hall–Kier alpha value is -2.03. The van der Waals surface area contributed by atoms with Crippen LogP contribution in [0.4, 0.5) is 21.5 Å². The average molecular weight is 216 g/mol. The number of benzene rings is 2. The summed E-state index contributed by atoms with van der Waals surface area (Å²) in [6.45, 7) is 1.92. The molecule has 0 aliphatic heterocycles. The van der Waals surface area contributed by atoms with Gasteiger partial charge < -0.3 is 11.1 Å². The summed E-state index contributed by atoms with van der Waals surface area (Å²) < 4.78 is 13.1. The lowest BCUT2D eigenvalue weighted by Gasteiger charge is -2.11. The van der Waals surface area contributed by atoms with E-state index in [1.54, 1.807) is 12.1 Å². The van der Waals surface area contributed by atoms with Gasteiger partial charge in [-0.2, -0.15) is 0 Å². The second-order valence-electron chi connectivity index (χ2n) is 3.67. The number of nitrogens with one attached hydrogen (secondary N) is 1. The van der Waals surface area contributed by atoms with Gasteiger partial charge in [-0.05, 0) is 36.8 Å². The number of halogens is 1. The molecule has 0 saturated heterocycles. The van der Waals surface area contributed by atoms with E-state index in [1.807, 2.05) is 25.1 Å². The molecule has 0 fully saturated rings. The maximum Gasteiger partial charge on any atom is 0.125 e. The standard InChI is InChI=1S/C13H13FN2/c1-9-6-7-10(14)8-13(9)16-12-5-3-2-4-11(12)15/h2-8,16H,15H2,1H3. The Morgan fingerprint density at radius 2 is 1.81 bits per heavy atom. The van der Waals surface area contributed by atoms with Gasteiger partial charge in [0.2, 0.25) is 0 Å². The van der Waals surface area contributed by atoms with Crippen LogP contribution in [-0.4, -0.2) is 0 Å². The summed E-state index contributed by atoms with van der Waals surface area (Å²) >= 11 is 0. The lowest BCUT2D eigenvalue weighted by atomic mass is 10.2. The molecular weight excluding hydrogens is 203 g/mol. The zero-order valence-corrected chi connectivity index (χ0v) is 9.00. The van der Waals surface area contributed by atoms with Crippen molar-refractivity contribution in [2.24, 2.45) is 0 Å².